The van der Waals surface area contributed by atoms with Gasteiger partial charge in [0, 0.05) is 5.41 Å². The van der Waals surface area contributed by atoms with Crippen molar-refractivity contribution >= 4 is 0 Å². The van der Waals surface area contributed by atoms with Gasteiger partial charge in [-0.3, -0.25) is 0 Å². The number of epoxide rings is 2. The van der Waals surface area contributed by atoms with Gasteiger partial charge in [-0.1, -0.05) is 82.1 Å². The number of benzene rings is 2. The summed E-state index contributed by atoms with van der Waals surface area (Å²) >= 11 is 0. The molecule has 0 N–H and O–H groups in total. The Morgan fingerprint density at radius 3 is 1.26 bits per heavy atom. The summed E-state index contributed by atoms with van der Waals surface area (Å²) in [5.74, 6) is 1.88. The molecule has 0 spiro atoms. The summed E-state index contributed by atoms with van der Waals surface area (Å²) in [4.78, 5) is 0. The predicted octanol–water partition coefficient (Wildman–Crippen LogP) is 6.83. The lowest BCUT2D eigenvalue weighted by atomic mass is 9.67. The maximum Gasteiger partial charge on any atom is 0.119 e. The third-order valence-corrected chi connectivity index (χ3v) is 7.70. The quantitative estimate of drug-likeness (QED) is 0.402. The summed E-state index contributed by atoms with van der Waals surface area (Å²) in [7, 11) is 0. The molecule has 2 unspecified atom stereocenters. The molecule has 0 amide bonds. The van der Waals surface area contributed by atoms with Gasteiger partial charge in [-0.2, -0.15) is 0 Å². The first kappa shape index (κ1) is 23.7. The van der Waals surface area contributed by atoms with Gasteiger partial charge in [-0.15, -0.1) is 0 Å². The Morgan fingerprint density at radius 1 is 0.559 bits per heavy atom. The van der Waals surface area contributed by atoms with Gasteiger partial charge in [-0.05, 0) is 48.2 Å². The van der Waals surface area contributed by atoms with Gasteiger partial charge in [0.2, 0.25) is 0 Å². The zero-order chi connectivity index (χ0) is 23.1. The van der Waals surface area contributed by atoms with E-state index >= 15 is 0 Å². The van der Waals surface area contributed by atoms with E-state index in [0.717, 1.165) is 24.7 Å². The van der Waals surface area contributed by atoms with E-state index < -0.39 is 0 Å². The van der Waals surface area contributed by atoms with Gasteiger partial charge >= 0.3 is 0 Å². The molecule has 184 valence electrons. The number of hydrogen-bond acceptors (Lipinski definition) is 4. The summed E-state index contributed by atoms with van der Waals surface area (Å²) in [6.45, 7) is 2.96. The third-order valence-electron chi connectivity index (χ3n) is 7.70. The van der Waals surface area contributed by atoms with Gasteiger partial charge in [0.1, 0.15) is 36.9 Å². The Morgan fingerprint density at radius 2 is 0.912 bits per heavy atom. The second-order valence-electron chi connectivity index (χ2n) is 10.3. The molecule has 2 aromatic carbocycles. The maximum atomic E-state index is 5.94. The van der Waals surface area contributed by atoms with Crippen LogP contribution >= 0.6 is 0 Å². The lowest BCUT2D eigenvalue weighted by molar-refractivity contribution is 0.262. The lowest BCUT2D eigenvalue weighted by Gasteiger charge is -2.36. The van der Waals surface area contributed by atoms with E-state index in [2.05, 4.69) is 48.5 Å². The highest BCUT2D eigenvalue weighted by Gasteiger charge is 2.34. The highest BCUT2D eigenvalue weighted by atomic mass is 16.6. The zero-order valence-electron chi connectivity index (χ0n) is 20.5. The van der Waals surface area contributed by atoms with Crippen LogP contribution in [0.4, 0.5) is 0 Å². The van der Waals surface area contributed by atoms with E-state index in [1.54, 1.807) is 0 Å². The number of hydrogen-bond donors (Lipinski definition) is 0. The van der Waals surface area contributed by atoms with Gasteiger partial charge in [-0.25, -0.2) is 0 Å². The molecule has 2 saturated heterocycles. The molecule has 4 heteroatoms. The monoisotopic (exact) mass is 464 g/mol. The molecular weight excluding hydrogens is 424 g/mol. The van der Waals surface area contributed by atoms with Crippen molar-refractivity contribution < 1.29 is 18.9 Å². The topological polar surface area (TPSA) is 43.5 Å². The molecule has 0 bridgehead atoms. The lowest BCUT2D eigenvalue weighted by Crippen LogP contribution is -2.28. The Labute approximate surface area is 204 Å². The average Bonchev–Trinajstić information content (AvgIpc) is 3.78. The van der Waals surface area contributed by atoms with Crippen molar-refractivity contribution in [3.05, 3.63) is 59.7 Å². The summed E-state index contributed by atoms with van der Waals surface area (Å²) in [6.07, 6.45) is 15.1. The van der Waals surface area contributed by atoms with Gasteiger partial charge in [0.15, 0.2) is 0 Å². The number of ether oxygens (including phenoxy) is 4. The molecule has 4 nitrogen and oxygen atoms in total. The van der Waals surface area contributed by atoms with Crippen molar-refractivity contribution in [1.82, 2.24) is 0 Å². The van der Waals surface area contributed by atoms with E-state index in [1.807, 2.05) is 0 Å². The molecule has 3 fully saturated rings. The van der Waals surface area contributed by atoms with Crippen LogP contribution < -0.4 is 9.47 Å². The fourth-order valence-corrected chi connectivity index (χ4v) is 5.41. The minimum Gasteiger partial charge on any atom is -0.491 e. The van der Waals surface area contributed by atoms with Gasteiger partial charge in [0.25, 0.3) is 0 Å². The summed E-state index contributed by atoms with van der Waals surface area (Å²) in [5, 5.41) is 0. The van der Waals surface area contributed by atoms with Crippen LogP contribution in [0.1, 0.15) is 81.8 Å². The number of rotatable bonds is 8. The van der Waals surface area contributed by atoms with Crippen molar-refractivity contribution in [2.45, 2.75) is 88.3 Å². The first-order valence-electron chi connectivity index (χ1n) is 13.5. The largest absolute Gasteiger partial charge is 0.491 e. The van der Waals surface area contributed by atoms with Crippen LogP contribution in [0, 0.1) is 0 Å². The standard InChI is InChI=1S/C30H40O4/c1-2-4-6-8-18-30(19-9-7-5-3-1,24-10-14-26(15-11-24)31-20-28-22-33-28)25-12-16-27(17-13-25)32-21-29-23-34-29/h10-17,28-29H,1-9,18-23H2. The molecule has 2 aliphatic heterocycles. The van der Waals surface area contributed by atoms with Crippen LogP contribution in [0.25, 0.3) is 0 Å². The Balaban J connectivity index is 1.38. The first-order chi connectivity index (χ1) is 16.8. The van der Waals surface area contributed by atoms with Crippen LogP contribution in [0.3, 0.4) is 0 Å². The zero-order valence-corrected chi connectivity index (χ0v) is 20.5. The normalized spacial score (nSPS) is 24.9. The molecule has 2 heterocycles. The molecule has 1 aliphatic carbocycles. The second-order valence-corrected chi connectivity index (χ2v) is 10.3. The van der Waals surface area contributed by atoms with Crippen LogP contribution in [-0.2, 0) is 14.9 Å². The van der Waals surface area contributed by atoms with E-state index in [1.165, 1.54) is 81.8 Å². The van der Waals surface area contributed by atoms with Crippen molar-refractivity contribution in [1.29, 1.82) is 0 Å². The van der Waals surface area contributed by atoms with Crippen LogP contribution in [-0.4, -0.2) is 38.6 Å². The van der Waals surface area contributed by atoms with E-state index in [4.69, 9.17) is 18.9 Å². The highest BCUT2D eigenvalue weighted by molar-refractivity contribution is 5.43. The minimum atomic E-state index is 0.0372. The van der Waals surface area contributed by atoms with Gasteiger partial charge < -0.3 is 18.9 Å². The summed E-state index contributed by atoms with van der Waals surface area (Å²) in [6, 6.07) is 17.9. The molecule has 2 aromatic rings. The Bertz CT molecular complexity index is 794. The van der Waals surface area contributed by atoms with Crippen molar-refractivity contribution in [3.63, 3.8) is 0 Å². The van der Waals surface area contributed by atoms with Crippen molar-refractivity contribution in [2.24, 2.45) is 0 Å². The Kier molecular flexibility index (Phi) is 8.08. The third kappa shape index (κ3) is 6.55. The molecule has 0 radical (unpaired) electrons. The highest BCUT2D eigenvalue weighted by Crippen LogP contribution is 2.43. The fourth-order valence-electron chi connectivity index (χ4n) is 5.41. The van der Waals surface area contributed by atoms with Crippen LogP contribution in [0.15, 0.2) is 48.5 Å². The van der Waals surface area contributed by atoms with Crippen LogP contribution in [0.2, 0.25) is 0 Å². The fraction of sp³-hybridized carbons (Fsp3) is 0.600. The van der Waals surface area contributed by atoms with E-state index in [-0.39, 0.29) is 17.6 Å². The maximum absolute atomic E-state index is 5.94. The molecule has 5 rings (SSSR count). The van der Waals surface area contributed by atoms with E-state index in [9.17, 15) is 0 Å². The average molecular weight is 465 g/mol. The summed E-state index contributed by atoms with van der Waals surface area (Å²) in [5.41, 5.74) is 2.87. The predicted molar refractivity (Wildman–Crippen MR) is 135 cm³/mol. The molecule has 1 saturated carbocycles. The molecule has 3 aliphatic rings. The molecule has 2 atom stereocenters. The van der Waals surface area contributed by atoms with Crippen molar-refractivity contribution in [3.8, 4) is 11.5 Å². The van der Waals surface area contributed by atoms with E-state index in [0.29, 0.717) is 13.2 Å². The first-order valence-corrected chi connectivity index (χ1v) is 13.5. The molecule has 0 aromatic heterocycles. The second kappa shape index (κ2) is 11.6. The van der Waals surface area contributed by atoms with Crippen LogP contribution in [0.5, 0.6) is 11.5 Å². The summed E-state index contributed by atoms with van der Waals surface area (Å²) < 4.78 is 22.5. The van der Waals surface area contributed by atoms with Gasteiger partial charge in [0.05, 0.1) is 13.2 Å². The Hall–Kier alpha value is -2.04. The minimum absolute atomic E-state index is 0.0372. The molecule has 34 heavy (non-hydrogen) atoms. The SMILES string of the molecule is c1cc(C2(c3ccc(OCC4CO4)cc3)CCCCCCCCCCC2)ccc1OCC1CO1. The van der Waals surface area contributed by atoms with Crippen molar-refractivity contribution in [2.75, 3.05) is 26.4 Å². The molecular formula is C30H40O4. The smallest absolute Gasteiger partial charge is 0.119 e.